The van der Waals surface area contributed by atoms with E-state index >= 15 is 0 Å². The van der Waals surface area contributed by atoms with Crippen molar-refractivity contribution in [1.82, 2.24) is 9.80 Å². The summed E-state index contributed by atoms with van der Waals surface area (Å²) in [6.07, 6.45) is 2.75. The number of amides is 2. The number of ether oxygens (including phenoxy) is 5. The van der Waals surface area contributed by atoms with Gasteiger partial charge in [-0.05, 0) is 55.5 Å². The molecule has 2 aliphatic rings. The Labute approximate surface area is 222 Å². The van der Waals surface area contributed by atoms with E-state index in [-0.39, 0.29) is 29.0 Å². The number of ketones is 1. The molecule has 4 rings (SSSR count). The standard InChI is InChI=1S/C28H34N2O8/c1-34-21-11-8-17(13-22(21)35-2)7-6-12-29-16-19-9-10-20(27(29)32)30(19)28(33)25(31)18-14-23(36-3)26(38-5)24(15-18)37-4/h8,11,13-15,19-20H,6-7,9-10,12,16H2,1-5H3. The molecular formula is C28H34N2O8. The van der Waals surface area contributed by atoms with Crippen LogP contribution in [0, 0.1) is 0 Å². The van der Waals surface area contributed by atoms with Gasteiger partial charge >= 0.3 is 0 Å². The second-order valence-electron chi connectivity index (χ2n) is 9.28. The van der Waals surface area contributed by atoms with Gasteiger partial charge in [-0.25, -0.2) is 0 Å². The molecule has 2 amide bonds. The summed E-state index contributed by atoms with van der Waals surface area (Å²) in [7, 11) is 7.54. The van der Waals surface area contributed by atoms with Gasteiger partial charge in [0.2, 0.25) is 11.7 Å². The maximum atomic E-state index is 13.3. The SMILES string of the molecule is COc1ccc(CCCN2CC3CCC(C2=O)N3C(=O)C(=O)c2cc(OC)c(OC)c(OC)c2)cc1OC. The smallest absolute Gasteiger partial charge is 0.295 e. The van der Waals surface area contributed by atoms with Gasteiger partial charge in [0.15, 0.2) is 23.0 Å². The van der Waals surface area contributed by atoms with Crippen LogP contribution < -0.4 is 23.7 Å². The van der Waals surface area contributed by atoms with E-state index in [9.17, 15) is 14.4 Å². The first-order valence-corrected chi connectivity index (χ1v) is 12.5. The lowest BCUT2D eigenvalue weighted by Gasteiger charge is -2.40. The first kappa shape index (κ1) is 27.1. The average Bonchev–Trinajstić information content (AvgIpc) is 3.30. The number of rotatable bonds is 11. The van der Waals surface area contributed by atoms with Crippen LogP contribution >= 0.6 is 0 Å². The summed E-state index contributed by atoms with van der Waals surface area (Å²) >= 11 is 0. The van der Waals surface area contributed by atoms with Crippen LogP contribution in [0.1, 0.15) is 35.2 Å². The van der Waals surface area contributed by atoms with Gasteiger partial charge in [-0.15, -0.1) is 0 Å². The Morgan fingerprint density at radius 2 is 1.50 bits per heavy atom. The highest BCUT2D eigenvalue weighted by Gasteiger charge is 2.49. The van der Waals surface area contributed by atoms with Crippen LogP contribution in [-0.2, 0) is 16.0 Å². The molecule has 2 aliphatic heterocycles. The van der Waals surface area contributed by atoms with E-state index in [0.29, 0.717) is 43.2 Å². The summed E-state index contributed by atoms with van der Waals surface area (Å²) in [6, 6.07) is 7.87. The Morgan fingerprint density at radius 1 is 0.842 bits per heavy atom. The van der Waals surface area contributed by atoms with Gasteiger partial charge in [0, 0.05) is 18.7 Å². The molecule has 204 valence electrons. The fourth-order valence-corrected chi connectivity index (χ4v) is 5.33. The van der Waals surface area contributed by atoms with E-state index in [1.807, 2.05) is 23.1 Å². The van der Waals surface area contributed by atoms with Gasteiger partial charge in [0.05, 0.1) is 41.6 Å². The molecule has 0 aliphatic carbocycles. The summed E-state index contributed by atoms with van der Waals surface area (Å²) in [5.74, 6) is 0.713. The highest BCUT2D eigenvalue weighted by atomic mass is 16.5. The molecule has 10 heteroatoms. The molecule has 2 atom stereocenters. The minimum atomic E-state index is -0.712. The van der Waals surface area contributed by atoms with Crippen molar-refractivity contribution in [1.29, 1.82) is 0 Å². The molecule has 2 unspecified atom stereocenters. The third-order valence-electron chi connectivity index (χ3n) is 7.23. The molecule has 2 saturated heterocycles. The summed E-state index contributed by atoms with van der Waals surface area (Å²) in [5.41, 5.74) is 1.21. The van der Waals surface area contributed by atoms with Crippen LogP contribution in [-0.4, -0.2) is 88.1 Å². The number of carbonyl (C=O) groups is 3. The Balaban J connectivity index is 1.42. The van der Waals surface area contributed by atoms with Crippen LogP contribution in [0.15, 0.2) is 30.3 Å². The van der Waals surface area contributed by atoms with Crippen molar-refractivity contribution >= 4 is 17.6 Å². The fraction of sp³-hybridized carbons (Fsp3) is 0.464. The number of nitrogens with zero attached hydrogens (tertiary/aromatic N) is 2. The first-order chi connectivity index (χ1) is 18.4. The van der Waals surface area contributed by atoms with E-state index in [2.05, 4.69) is 0 Å². The number of aryl methyl sites for hydroxylation is 1. The molecule has 2 aromatic carbocycles. The number of hydrogen-bond acceptors (Lipinski definition) is 8. The average molecular weight is 527 g/mol. The van der Waals surface area contributed by atoms with Gasteiger partial charge in [-0.1, -0.05) is 6.07 Å². The molecule has 0 N–H and O–H groups in total. The summed E-state index contributed by atoms with van der Waals surface area (Å²) < 4.78 is 26.6. The predicted molar refractivity (Wildman–Crippen MR) is 139 cm³/mol. The number of piperazine rings is 1. The maximum absolute atomic E-state index is 13.3. The number of carbonyl (C=O) groups excluding carboxylic acids is 3. The summed E-state index contributed by atoms with van der Waals surface area (Å²) in [6.45, 7) is 0.985. The van der Waals surface area contributed by atoms with Crippen LogP contribution in [0.25, 0.3) is 0 Å². The monoisotopic (exact) mass is 526 g/mol. The quantitative estimate of drug-likeness (QED) is 0.325. The zero-order chi connectivity index (χ0) is 27.4. The zero-order valence-electron chi connectivity index (χ0n) is 22.4. The van der Waals surface area contributed by atoms with Crippen LogP contribution in [0.4, 0.5) is 0 Å². The number of Topliss-reactive ketones (excluding diaryl/α,β-unsaturated/α-hetero) is 1. The minimum absolute atomic E-state index is 0.114. The molecular weight excluding hydrogens is 492 g/mol. The first-order valence-electron chi connectivity index (χ1n) is 12.5. The lowest BCUT2D eigenvalue weighted by molar-refractivity contribution is -0.149. The van der Waals surface area contributed by atoms with Gasteiger partial charge in [0.25, 0.3) is 11.7 Å². The number of hydrogen-bond donors (Lipinski definition) is 0. The Hall–Kier alpha value is -3.95. The van der Waals surface area contributed by atoms with Gasteiger partial charge in [-0.2, -0.15) is 0 Å². The van der Waals surface area contributed by atoms with E-state index in [1.54, 1.807) is 14.2 Å². The second kappa shape index (κ2) is 11.6. The molecule has 0 aromatic heterocycles. The van der Waals surface area contributed by atoms with Gasteiger partial charge in [0.1, 0.15) is 6.04 Å². The van der Waals surface area contributed by atoms with Crippen molar-refractivity contribution in [3.8, 4) is 28.7 Å². The third-order valence-corrected chi connectivity index (χ3v) is 7.23. The van der Waals surface area contributed by atoms with E-state index in [1.165, 1.54) is 38.4 Å². The van der Waals surface area contributed by atoms with Crippen LogP contribution in [0.3, 0.4) is 0 Å². The summed E-state index contributed by atoms with van der Waals surface area (Å²) in [5, 5.41) is 0. The Bertz CT molecular complexity index is 1190. The van der Waals surface area contributed by atoms with Crippen molar-refractivity contribution < 1.29 is 38.1 Å². The molecule has 0 saturated carbocycles. The molecule has 2 fully saturated rings. The predicted octanol–water partition coefficient (Wildman–Crippen LogP) is 2.75. The topological polar surface area (TPSA) is 104 Å². The number of likely N-dealkylation sites (tertiary alicyclic amines) is 1. The van der Waals surface area contributed by atoms with Crippen molar-refractivity contribution in [2.45, 2.75) is 37.8 Å². The molecule has 2 aromatic rings. The third kappa shape index (κ3) is 5.07. The van der Waals surface area contributed by atoms with Gasteiger partial charge < -0.3 is 33.5 Å². The molecule has 0 spiro atoms. The van der Waals surface area contributed by atoms with E-state index < -0.39 is 17.7 Å². The van der Waals surface area contributed by atoms with Crippen molar-refractivity contribution in [3.63, 3.8) is 0 Å². The second-order valence-corrected chi connectivity index (χ2v) is 9.28. The van der Waals surface area contributed by atoms with Crippen molar-refractivity contribution in [3.05, 3.63) is 41.5 Å². The minimum Gasteiger partial charge on any atom is -0.493 e. The molecule has 2 bridgehead atoms. The molecule has 38 heavy (non-hydrogen) atoms. The number of methoxy groups -OCH3 is 5. The molecule has 10 nitrogen and oxygen atoms in total. The summed E-state index contributed by atoms with van der Waals surface area (Å²) in [4.78, 5) is 43.2. The van der Waals surface area contributed by atoms with Gasteiger partial charge in [-0.3, -0.25) is 14.4 Å². The zero-order valence-corrected chi connectivity index (χ0v) is 22.4. The van der Waals surface area contributed by atoms with Crippen LogP contribution in [0.5, 0.6) is 28.7 Å². The van der Waals surface area contributed by atoms with E-state index in [4.69, 9.17) is 23.7 Å². The van der Waals surface area contributed by atoms with Crippen LogP contribution in [0.2, 0.25) is 0 Å². The Morgan fingerprint density at radius 3 is 2.11 bits per heavy atom. The normalized spacial score (nSPS) is 18.3. The fourth-order valence-electron chi connectivity index (χ4n) is 5.33. The van der Waals surface area contributed by atoms with E-state index in [0.717, 1.165) is 18.4 Å². The highest BCUT2D eigenvalue weighted by molar-refractivity contribution is 6.43. The highest BCUT2D eigenvalue weighted by Crippen LogP contribution is 2.39. The largest absolute Gasteiger partial charge is 0.493 e. The maximum Gasteiger partial charge on any atom is 0.295 e. The Kier molecular flexibility index (Phi) is 8.29. The number of benzene rings is 2. The number of fused-ring (bicyclic) bond motifs is 2. The molecule has 0 radical (unpaired) electrons. The van der Waals surface area contributed by atoms with Crippen molar-refractivity contribution in [2.24, 2.45) is 0 Å². The lowest BCUT2D eigenvalue weighted by atomic mass is 10.0. The molecule has 2 heterocycles. The lowest BCUT2D eigenvalue weighted by Crippen LogP contribution is -2.60. The van der Waals surface area contributed by atoms with Crippen molar-refractivity contribution in [2.75, 3.05) is 48.6 Å².